The van der Waals surface area contributed by atoms with Gasteiger partial charge in [-0.2, -0.15) is 0 Å². The van der Waals surface area contributed by atoms with Crippen molar-refractivity contribution in [3.8, 4) is 0 Å². The SMILES string of the molecule is Cc1ccccc1N(CCN)Cc1ccccc1. The molecular weight excluding hydrogens is 220 g/mol. The Bertz CT molecular complexity index is 479. The average molecular weight is 240 g/mol. The third-order valence-electron chi connectivity index (χ3n) is 3.07. The van der Waals surface area contributed by atoms with E-state index in [0.29, 0.717) is 6.54 Å². The summed E-state index contributed by atoms with van der Waals surface area (Å²) in [7, 11) is 0. The van der Waals surface area contributed by atoms with Crippen molar-refractivity contribution in [1.82, 2.24) is 0 Å². The Labute approximate surface area is 109 Å². The maximum absolute atomic E-state index is 5.73. The minimum atomic E-state index is 0.668. The molecule has 94 valence electrons. The number of anilines is 1. The molecule has 2 rings (SSSR count). The van der Waals surface area contributed by atoms with Gasteiger partial charge in [0, 0.05) is 25.3 Å². The van der Waals surface area contributed by atoms with Gasteiger partial charge < -0.3 is 10.6 Å². The van der Waals surface area contributed by atoms with E-state index >= 15 is 0 Å². The third-order valence-corrected chi connectivity index (χ3v) is 3.07. The highest BCUT2D eigenvalue weighted by molar-refractivity contribution is 5.53. The predicted molar refractivity (Wildman–Crippen MR) is 77.7 cm³/mol. The second kappa shape index (κ2) is 6.22. The summed E-state index contributed by atoms with van der Waals surface area (Å²) in [6, 6.07) is 19.0. The van der Waals surface area contributed by atoms with Gasteiger partial charge in [-0.05, 0) is 24.1 Å². The highest BCUT2D eigenvalue weighted by atomic mass is 15.1. The number of rotatable bonds is 5. The van der Waals surface area contributed by atoms with E-state index in [1.165, 1.54) is 16.8 Å². The summed E-state index contributed by atoms with van der Waals surface area (Å²) in [5.41, 5.74) is 9.61. The van der Waals surface area contributed by atoms with Crippen LogP contribution in [0.2, 0.25) is 0 Å². The Morgan fingerprint density at radius 1 is 0.944 bits per heavy atom. The van der Waals surface area contributed by atoms with Gasteiger partial charge in [-0.3, -0.25) is 0 Å². The Balaban J connectivity index is 2.21. The van der Waals surface area contributed by atoms with Gasteiger partial charge in [0.25, 0.3) is 0 Å². The van der Waals surface area contributed by atoms with E-state index in [4.69, 9.17) is 5.73 Å². The predicted octanol–water partition coefficient (Wildman–Crippen LogP) is 2.96. The van der Waals surface area contributed by atoms with Crippen molar-refractivity contribution in [2.45, 2.75) is 13.5 Å². The second-order valence-electron chi connectivity index (χ2n) is 4.48. The first kappa shape index (κ1) is 12.7. The lowest BCUT2D eigenvalue weighted by molar-refractivity contribution is 0.787. The zero-order valence-electron chi connectivity index (χ0n) is 10.8. The molecule has 0 saturated carbocycles. The minimum absolute atomic E-state index is 0.668. The molecule has 0 heterocycles. The molecule has 0 aromatic heterocycles. The van der Waals surface area contributed by atoms with Crippen molar-refractivity contribution in [1.29, 1.82) is 0 Å². The molecule has 0 aliphatic heterocycles. The molecule has 0 unspecified atom stereocenters. The van der Waals surface area contributed by atoms with Crippen molar-refractivity contribution < 1.29 is 0 Å². The van der Waals surface area contributed by atoms with Crippen LogP contribution in [0.3, 0.4) is 0 Å². The molecular formula is C16H20N2. The van der Waals surface area contributed by atoms with Gasteiger partial charge >= 0.3 is 0 Å². The quantitative estimate of drug-likeness (QED) is 0.870. The Morgan fingerprint density at radius 2 is 1.61 bits per heavy atom. The lowest BCUT2D eigenvalue weighted by Gasteiger charge is -2.26. The number of nitrogens with zero attached hydrogens (tertiary/aromatic N) is 1. The molecule has 0 bridgehead atoms. The molecule has 0 fully saturated rings. The molecule has 2 aromatic carbocycles. The largest absolute Gasteiger partial charge is 0.366 e. The number of hydrogen-bond acceptors (Lipinski definition) is 2. The number of para-hydroxylation sites is 1. The Hall–Kier alpha value is -1.80. The van der Waals surface area contributed by atoms with E-state index in [9.17, 15) is 0 Å². The molecule has 0 atom stereocenters. The minimum Gasteiger partial charge on any atom is -0.366 e. The molecule has 0 amide bonds. The van der Waals surface area contributed by atoms with E-state index in [2.05, 4.69) is 60.4 Å². The molecule has 18 heavy (non-hydrogen) atoms. The fourth-order valence-corrected chi connectivity index (χ4v) is 2.16. The topological polar surface area (TPSA) is 29.3 Å². The highest BCUT2D eigenvalue weighted by Gasteiger charge is 2.08. The summed E-state index contributed by atoms with van der Waals surface area (Å²) >= 11 is 0. The first-order valence-electron chi connectivity index (χ1n) is 6.36. The fourth-order valence-electron chi connectivity index (χ4n) is 2.16. The molecule has 0 spiro atoms. The maximum Gasteiger partial charge on any atom is 0.0430 e. The molecule has 0 saturated heterocycles. The second-order valence-corrected chi connectivity index (χ2v) is 4.48. The van der Waals surface area contributed by atoms with Crippen LogP contribution >= 0.6 is 0 Å². The normalized spacial score (nSPS) is 10.3. The lowest BCUT2D eigenvalue weighted by atomic mass is 10.1. The summed E-state index contributed by atoms with van der Waals surface area (Å²) in [5.74, 6) is 0. The molecule has 0 aliphatic rings. The van der Waals surface area contributed by atoms with Crippen molar-refractivity contribution in [3.63, 3.8) is 0 Å². The van der Waals surface area contributed by atoms with Gasteiger partial charge in [-0.15, -0.1) is 0 Å². The number of hydrogen-bond donors (Lipinski definition) is 1. The van der Waals surface area contributed by atoms with Crippen LogP contribution in [0.5, 0.6) is 0 Å². The van der Waals surface area contributed by atoms with Gasteiger partial charge in [0.05, 0.1) is 0 Å². The van der Waals surface area contributed by atoms with Crippen LogP contribution in [0.4, 0.5) is 5.69 Å². The van der Waals surface area contributed by atoms with Gasteiger partial charge in [0.15, 0.2) is 0 Å². The smallest absolute Gasteiger partial charge is 0.0430 e. The van der Waals surface area contributed by atoms with Crippen LogP contribution in [-0.4, -0.2) is 13.1 Å². The van der Waals surface area contributed by atoms with E-state index in [-0.39, 0.29) is 0 Å². The molecule has 0 aliphatic carbocycles. The Kier molecular flexibility index (Phi) is 4.37. The van der Waals surface area contributed by atoms with Crippen molar-refractivity contribution in [3.05, 3.63) is 65.7 Å². The average Bonchev–Trinajstić information content (AvgIpc) is 2.40. The highest BCUT2D eigenvalue weighted by Crippen LogP contribution is 2.21. The molecule has 2 heteroatoms. The molecule has 2 N–H and O–H groups in total. The first-order valence-corrected chi connectivity index (χ1v) is 6.36. The van der Waals surface area contributed by atoms with Gasteiger partial charge in [0.2, 0.25) is 0 Å². The van der Waals surface area contributed by atoms with Gasteiger partial charge in [0.1, 0.15) is 0 Å². The van der Waals surface area contributed by atoms with E-state index < -0.39 is 0 Å². The van der Waals surface area contributed by atoms with E-state index in [1.807, 2.05) is 6.07 Å². The maximum atomic E-state index is 5.73. The van der Waals surface area contributed by atoms with Crippen molar-refractivity contribution in [2.75, 3.05) is 18.0 Å². The van der Waals surface area contributed by atoms with Gasteiger partial charge in [-0.25, -0.2) is 0 Å². The van der Waals surface area contributed by atoms with Crippen LogP contribution in [0.25, 0.3) is 0 Å². The zero-order valence-corrected chi connectivity index (χ0v) is 10.8. The monoisotopic (exact) mass is 240 g/mol. The molecule has 2 aromatic rings. The van der Waals surface area contributed by atoms with Gasteiger partial charge in [-0.1, -0.05) is 48.5 Å². The summed E-state index contributed by atoms with van der Waals surface area (Å²) in [6.07, 6.45) is 0. The number of aryl methyl sites for hydroxylation is 1. The molecule has 0 radical (unpaired) electrons. The standard InChI is InChI=1S/C16H20N2/c1-14-7-5-6-10-16(14)18(12-11-17)13-15-8-3-2-4-9-15/h2-10H,11-13,17H2,1H3. The number of benzene rings is 2. The summed E-state index contributed by atoms with van der Waals surface area (Å²) in [6.45, 7) is 4.59. The lowest BCUT2D eigenvalue weighted by Crippen LogP contribution is -2.29. The van der Waals surface area contributed by atoms with Crippen LogP contribution < -0.4 is 10.6 Å². The summed E-state index contributed by atoms with van der Waals surface area (Å²) in [4.78, 5) is 2.34. The van der Waals surface area contributed by atoms with Crippen LogP contribution in [0, 0.1) is 6.92 Å². The van der Waals surface area contributed by atoms with Crippen LogP contribution in [0.15, 0.2) is 54.6 Å². The van der Waals surface area contributed by atoms with Crippen molar-refractivity contribution in [2.24, 2.45) is 5.73 Å². The van der Waals surface area contributed by atoms with E-state index in [0.717, 1.165) is 13.1 Å². The van der Waals surface area contributed by atoms with E-state index in [1.54, 1.807) is 0 Å². The van der Waals surface area contributed by atoms with Crippen LogP contribution in [-0.2, 0) is 6.54 Å². The summed E-state index contributed by atoms with van der Waals surface area (Å²) in [5, 5.41) is 0. The first-order chi connectivity index (χ1) is 8.81. The fraction of sp³-hybridized carbons (Fsp3) is 0.250. The van der Waals surface area contributed by atoms with Crippen LogP contribution in [0.1, 0.15) is 11.1 Å². The number of nitrogens with two attached hydrogens (primary N) is 1. The third kappa shape index (κ3) is 3.11. The zero-order chi connectivity index (χ0) is 12.8. The summed E-state index contributed by atoms with van der Waals surface area (Å²) < 4.78 is 0. The molecule has 2 nitrogen and oxygen atoms in total. The van der Waals surface area contributed by atoms with Crippen molar-refractivity contribution >= 4 is 5.69 Å². The Morgan fingerprint density at radius 3 is 2.28 bits per heavy atom.